The van der Waals surface area contributed by atoms with E-state index < -0.39 is 0 Å². The number of nitrogens with zero attached hydrogens (tertiary/aromatic N) is 4. The number of benzene rings is 1. The van der Waals surface area contributed by atoms with E-state index >= 15 is 0 Å². The van der Waals surface area contributed by atoms with Gasteiger partial charge >= 0.3 is 0 Å². The molecule has 0 unspecified atom stereocenters. The van der Waals surface area contributed by atoms with Gasteiger partial charge < -0.3 is 9.47 Å². The zero-order valence-corrected chi connectivity index (χ0v) is 12.8. The van der Waals surface area contributed by atoms with Crippen molar-refractivity contribution in [2.24, 2.45) is 0 Å². The largest absolute Gasteiger partial charge is 0.493 e. The molecular formula is C18H14N4O2. The second-order valence-corrected chi connectivity index (χ2v) is 5.39. The summed E-state index contributed by atoms with van der Waals surface area (Å²) in [6.07, 6.45) is 4.16. The van der Waals surface area contributed by atoms with Gasteiger partial charge in [0, 0.05) is 30.3 Å². The van der Waals surface area contributed by atoms with Gasteiger partial charge in [0.2, 0.25) is 5.88 Å². The Labute approximate surface area is 138 Å². The van der Waals surface area contributed by atoms with Crippen molar-refractivity contribution in [1.29, 1.82) is 5.26 Å². The van der Waals surface area contributed by atoms with Crippen LogP contribution in [0.3, 0.4) is 0 Å². The van der Waals surface area contributed by atoms with Crippen LogP contribution in [0.5, 0.6) is 11.6 Å². The standard InChI is InChI=1S/C18H14N4O2/c19-11-13-4-7-20-16(10-13)22-17(5-8-21-22)24-12-15-3-1-2-14-6-9-23-18(14)15/h1-5,7-8,10H,6,9,12H2. The van der Waals surface area contributed by atoms with Crippen molar-refractivity contribution in [2.75, 3.05) is 6.61 Å². The monoisotopic (exact) mass is 318 g/mol. The lowest BCUT2D eigenvalue weighted by atomic mass is 10.1. The second kappa shape index (κ2) is 6.05. The molecular weight excluding hydrogens is 304 g/mol. The van der Waals surface area contributed by atoms with Crippen LogP contribution in [-0.4, -0.2) is 21.4 Å². The van der Waals surface area contributed by atoms with Crippen LogP contribution < -0.4 is 9.47 Å². The SMILES string of the molecule is N#Cc1ccnc(-n2nccc2OCc2cccc3c2OCC3)c1. The average molecular weight is 318 g/mol. The Morgan fingerprint density at radius 3 is 3.12 bits per heavy atom. The predicted octanol–water partition coefficient (Wildman–Crippen LogP) is 2.65. The van der Waals surface area contributed by atoms with Crippen LogP contribution in [0, 0.1) is 11.3 Å². The summed E-state index contributed by atoms with van der Waals surface area (Å²) in [6, 6.07) is 13.3. The van der Waals surface area contributed by atoms with Crippen LogP contribution in [0.25, 0.3) is 5.82 Å². The number of ether oxygens (including phenoxy) is 2. The first-order chi connectivity index (χ1) is 11.8. The molecule has 0 saturated heterocycles. The first-order valence-electron chi connectivity index (χ1n) is 7.62. The van der Waals surface area contributed by atoms with E-state index in [4.69, 9.17) is 14.7 Å². The van der Waals surface area contributed by atoms with Crippen LogP contribution in [-0.2, 0) is 13.0 Å². The number of hydrogen-bond acceptors (Lipinski definition) is 5. The Bertz CT molecular complexity index is 927. The molecule has 1 aliphatic rings. The van der Waals surface area contributed by atoms with Gasteiger partial charge in [-0.3, -0.25) is 0 Å². The average Bonchev–Trinajstić information content (AvgIpc) is 3.29. The van der Waals surface area contributed by atoms with E-state index in [0.717, 1.165) is 24.3 Å². The van der Waals surface area contributed by atoms with Crippen molar-refractivity contribution in [3.8, 4) is 23.5 Å². The molecule has 24 heavy (non-hydrogen) atoms. The van der Waals surface area contributed by atoms with Crippen molar-refractivity contribution in [3.63, 3.8) is 0 Å². The van der Waals surface area contributed by atoms with E-state index in [1.165, 1.54) is 5.56 Å². The molecule has 0 atom stereocenters. The molecule has 1 aliphatic heterocycles. The lowest BCUT2D eigenvalue weighted by Crippen LogP contribution is -2.05. The summed E-state index contributed by atoms with van der Waals surface area (Å²) in [7, 11) is 0. The Hall–Kier alpha value is -3.33. The van der Waals surface area contributed by atoms with Crippen molar-refractivity contribution >= 4 is 0 Å². The first-order valence-corrected chi connectivity index (χ1v) is 7.62. The minimum absolute atomic E-state index is 0.382. The van der Waals surface area contributed by atoms with Crippen molar-refractivity contribution in [1.82, 2.24) is 14.8 Å². The van der Waals surface area contributed by atoms with E-state index in [0.29, 0.717) is 23.9 Å². The molecule has 118 valence electrons. The lowest BCUT2D eigenvalue weighted by Gasteiger charge is -2.11. The fourth-order valence-electron chi connectivity index (χ4n) is 2.73. The lowest BCUT2D eigenvalue weighted by molar-refractivity contribution is 0.274. The third kappa shape index (κ3) is 2.57. The molecule has 0 fully saturated rings. The Kier molecular flexibility index (Phi) is 3.60. The summed E-state index contributed by atoms with van der Waals surface area (Å²) >= 11 is 0. The minimum Gasteiger partial charge on any atom is -0.493 e. The maximum Gasteiger partial charge on any atom is 0.218 e. The quantitative estimate of drug-likeness (QED) is 0.739. The van der Waals surface area contributed by atoms with Crippen molar-refractivity contribution < 1.29 is 9.47 Å². The number of rotatable bonds is 4. The van der Waals surface area contributed by atoms with Gasteiger partial charge in [0.1, 0.15) is 12.4 Å². The van der Waals surface area contributed by atoms with Crippen LogP contribution >= 0.6 is 0 Å². The molecule has 6 nitrogen and oxygen atoms in total. The summed E-state index contributed by atoms with van der Waals surface area (Å²) in [6.45, 7) is 1.10. The zero-order chi connectivity index (χ0) is 16.4. The number of para-hydroxylation sites is 1. The molecule has 2 aromatic heterocycles. The summed E-state index contributed by atoms with van der Waals surface area (Å²) < 4.78 is 13.2. The predicted molar refractivity (Wildman–Crippen MR) is 86.0 cm³/mol. The van der Waals surface area contributed by atoms with E-state index in [-0.39, 0.29) is 0 Å². The number of aromatic nitrogens is 3. The van der Waals surface area contributed by atoms with Gasteiger partial charge in [-0.2, -0.15) is 15.0 Å². The smallest absolute Gasteiger partial charge is 0.218 e. The zero-order valence-electron chi connectivity index (χ0n) is 12.8. The molecule has 3 heterocycles. The maximum absolute atomic E-state index is 9.02. The van der Waals surface area contributed by atoms with Gasteiger partial charge in [-0.15, -0.1) is 0 Å². The fraction of sp³-hybridized carbons (Fsp3) is 0.167. The summed E-state index contributed by atoms with van der Waals surface area (Å²) in [5, 5.41) is 13.3. The van der Waals surface area contributed by atoms with Gasteiger partial charge in [0.25, 0.3) is 0 Å². The van der Waals surface area contributed by atoms with Gasteiger partial charge in [-0.25, -0.2) is 4.98 Å². The molecule has 3 aromatic rings. The molecule has 1 aromatic carbocycles. The summed E-state index contributed by atoms with van der Waals surface area (Å²) in [5.74, 6) is 2.03. The minimum atomic E-state index is 0.382. The van der Waals surface area contributed by atoms with E-state index in [1.54, 1.807) is 35.3 Å². The number of fused-ring (bicyclic) bond motifs is 1. The Morgan fingerprint density at radius 1 is 1.25 bits per heavy atom. The summed E-state index contributed by atoms with van der Waals surface area (Å²) in [4.78, 5) is 4.25. The molecule has 0 spiro atoms. The molecule has 0 amide bonds. The van der Waals surface area contributed by atoms with Gasteiger partial charge in [-0.1, -0.05) is 18.2 Å². The summed E-state index contributed by atoms with van der Waals surface area (Å²) in [5.41, 5.74) is 2.75. The molecule has 0 bridgehead atoms. The maximum atomic E-state index is 9.02. The van der Waals surface area contributed by atoms with Crippen molar-refractivity contribution in [3.05, 3.63) is 65.5 Å². The van der Waals surface area contributed by atoms with Gasteiger partial charge in [0.05, 0.1) is 24.4 Å². The molecule has 0 aliphatic carbocycles. The van der Waals surface area contributed by atoms with Crippen LogP contribution in [0.4, 0.5) is 0 Å². The third-order valence-corrected chi connectivity index (χ3v) is 3.87. The molecule has 6 heteroatoms. The molecule has 4 rings (SSSR count). The van der Waals surface area contributed by atoms with Gasteiger partial charge in [-0.05, 0) is 11.6 Å². The number of nitriles is 1. The molecule has 0 saturated carbocycles. The van der Waals surface area contributed by atoms with Gasteiger partial charge in [0.15, 0.2) is 5.82 Å². The highest BCUT2D eigenvalue weighted by Gasteiger charge is 2.17. The highest BCUT2D eigenvalue weighted by Crippen LogP contribution is 2.30. The third-order valence-electron chi connectivity index (χ3n) is 3.87. The topological polar surface area (TPSA) is 73.0 Å². The van der Waals surface area contributed by atoms with Crippen LogP contribution in [0.15, 0.2) is 48.8 Å². The first kappa shape index (κ1) is 14.3. The fourth-order valence-corrected chi connectivity index (χ4v) is 2.73. The normalized spacial score (nSPS) is 12.3. The molecule has 0 N–H and O–H groups in total. The number of pyridine rings is 1. The highest BCUT2D eigenvalue weighted by atomic mass is 16.5. The number of hydrogen-bond donors (Lipinski definition) is 0. The van der Waals surface area contributed by atoms with Crippen molar-refractivity contribution in [2.45, 2.75) is 13.0 Å². The van der Waals surface area contributed by atoms with Crippen LogP contribution in [0.1, 0.15) is 16.7 Å². The Balaban J connectivity index is 1.58. The Morgan fingerprint density at radius 2 is 2.21 bits per heavy atom. The highest BCUT2D eigenvalue weighted by molar-refractivity contribution is 5.44. The van der Waals surface area contributed by atoms with E-state index in [1.807, 2.05) is 12.1 Å². The van der Waals surface area contributed by atoms with E-state index in [2.05, 4.69) is 22.2 Å². The second-order valence-electron chi connectivity index (χ2n) is 5.39. The van der Waals surface area contributed by atoms with E-state index in [9.17, 15) is 0 Å². The molecule has 0 radical (unpaired) electrons. The van der Waals surface area contributed by atoms with Crippen LogP contribution in [0.2, 0.25) is 0 Å².